The highest BCUT2D eigenvalue weighted by molar-refractivity contribution is 5.92. The van der Waals surface area contributed by atoms with Gasteiger partial charge in [-0.15, -0.1) is 0 Å². The Labute approximate surface area is 159 Å². The van der Waals surface area contributed by atoms with Crippen molar-refractivity contribution in [3.05, 3.63) is 96.0 Å². The predicted molar refractivity (Wildman–Crippen MR) is 106 cm³/mol. The highest BCUT2D eigenvalue weighted by Gasteiger charge is 2.21. The third-order valence-corrected chi connectivity index (χ3v) is 4.79. The first-order valence-electron chi connectivity index (χ1n) is 9.16. The lowest BCUT2D eigenvalue weighted by Crippen LogP contribution is -2.21. The van der Waals surface area contributed by atoms with Crippen LogP contribution >= 0.6 is 0 Å². The molecule has 0 saturated carbocycles. The number of carbonyl (C=O) groups excluding carboxylic acids is 1. The molecule has 4 heteroatoms. The van der Waals surface area contributed by atoms with Crippen LogP contribution < -0.4 is 5.32 Å². The zero-order valence-electron chi connectivity index (χ0n) is 15.0. The molecule has 3 aromatic rings. The van der Waals surface area contributed by atoms with Crippen molar-refractivity contribution in [3.8, 4) is 11.4 Å². The van der Waals surface area contributed by atoms with Gasteiger partial charge in [-0.1, -0.05) is 48.5 Å². The number of hydrogen-bond donors (Lipinski definition) is 1. The molecular weight excluding hydrogens is 334 g/mol. The number of ketones is 1. The van der Waals surface area contributed by atoms with Crippen LogP contribution in [0.15, 0.2) is 84.8 Å². The smallest absolute Gasteiger partial charge is 0.159 e. The molecule has 0 fully saturated rings. The standard InChI is InChI=1S/C23H21N3O/c27-22-14-20(18-7-2-1-3-8-18)13-21(15-22)26-16-17-6-4-9-19(12-17)23-24-10-5-11-25-23/h1-12,15,20,26H,13-14,16H2. The Bertz CT molecular complexity index is 952. The normalized spacial score (nSPS) is 16.7. The number of nitrogens with zero attached hydrogens (tertiary/aromatic N) is 2. The maximum Gasteiger partial charge on any atom is 0.159 e. The summed E-state index contributed by atoms with van der Waals surface area (Å²) < 4.78 is 0. The Morgan fingerprint density at radius 1 is 0.926 bits per heavy atom. The van der Waals surface area contributed by atoms with Crippen LogP contribution in [0.4, 0.5) is 0 Å². The SMILES string of the molecule is O=C1C=C(NCc2cccc(-c3ncccn3)c2)CC(c2ccccc2)C1. The molecule has 1 atom stereocenters. The maximum atomic E-state index is 12.2. The summed E-state index contributed by atoms with van der Waals surface area (Å²) in [4.78, 5) is 20.8. The summed E-state index contributed by atoms with van der Waals surface area (Å²) >= 11 is 0. The molecule has 2 aromatic carbocycles. The summed E-state index contributed by atoms with van der Waals surface area (Å²) in [5, 5.41) is 3.45. The highest BCUT2D eigenvalue weighted by Crippen LogP contribution is 2.30. The van der Waals surface area contributed by atoms with E-state index in [1.54, 1.807) is 18.5 Å². The van der Waals surface area contributed by atoms with Crippen LogP contribution in [0.5, 0.6) is 0 Å². The Hall–Kier alpha value is -3.27. The van der Waals surface area contributed by atoms with Crippen LogP contribution in [-0.4, -0.2) is 15.8 Å². The second-order valence-electron chi connectivity index (χ2n) is 6.78. The fraction of sp³-hybridized carbons (Fsp3) is 0.174. The average Bonchev–Trinajstić information content (AvgIpc) is 2.73. The lowest BCUT2D eigenvalue weighted by molar-refractivity contribution is -0.115. The first-order valence-corrected chi connectivity index (χ1v) is 9.16. The second-order valence-corrected chi connectivity index (χ2v) is 6.78. The minimum Gasteiger partial charge on any atom is -0.384 e. The van der Waals surface area contributed by atoms with Crippen LogP contribution in [0.3, 0.4) is 0 Å². The average molecular weight is 355 g/mol. The molecule has 1 heterocycles. The number of aromatic nitrogens is 2. The highest BCUT2D eigenvalue weighted by atomic mass is 16.1. The quantitative estimate of drug-likeness (QED) is 0.743. The van der Waals surface area contributed by atoms with Crippen molar-refractivity contribution >= 4 is 5.78 Å². The van der Waals surface area contributed by atoms with Crippen LogP contribution in [-0.2, 0) is 11.3 Å². The monoisotopic (exact) mass is 355 g/mol. The molecule has 1 aromatic heterocycles. The zero-order valence-corrected chi connectivity index (χ0v) is 15.0. The van der Waals surface area contributed by atoms with Gasteiger partial charge in [0.05, 0.1) is 0 Å². The Balaban J connectivity index is 1.45. The van der Waals surface area contributed by atoms with Crippen LogP contribution in [0.1, 0.15) is 29.9 Å². The van der Waals surface area contributed by atoms with Gasteiger partial charge in [0.1, 0.15) is 0 Å². The van der Waals surface area contributed by atoms with Gasteiger partial charge in [0.25, 0.3) is 0 Å². The van der Waals surface area contributed by atoms with Gasteiger partial charge < -0.3 is 5.32 Å². The molecule has 0 aliphatic heterocycles. The van der Waals surface area contributed by atoms with Gasteiger partial charge in [-0.2, -0.15) is 0 Å². The minimum atomic E-state index is 0.184. The molecule has 1 N–H and O–H groups in total. The molecule has 27 heavy (non-hydrogen) atoms. The first-order chi connectivity index (χ1) is 13.3. The van der Waals surface area contributed by atoms with Crippen molar-refractivity contribution in [1.29, 1.82) is 0 Å². The van der Waals surface area contributed by atoms with Crippen molar-refractivity contribution in [2.75, 3.05) is 0 Å². The largest absolute Gasteiger partial charge is 0.384 e. The van der Waals surface area contributed by atoms with Crippen molar-refractivity contribution < 1.29 is 4.79 Å². The topological polar surface area (TPSA) is 54.9 Å². The molecule has 4 rings (SSSR count). The van der Waals surface area contributed by atoms with Gasteiger partial charge in [0.2, 0.25) is 0 Å². The molecule has 0 saturated heterocycles. The summed E-state index contributed by atoms with van der Waals surface area (Å²) in [5.74, 6) is 1.15. The third kappa shape index (κ3) is 4.29. The number of allylic oxidation sites excluding steroid dienone is 2. The Morgan fingerprint density at radius 3 is 2.56 bits per heavy atom. The van der Waals surface area contributed by atoms with E-state index in [9.17, 15) is 4.79 Å². The van der Waals surface area contributed by atoms with E-state index in [4.69, 9.17) is 0 Å². The summed E-state index contributed by atoms with van der Waals surface area (Å²) in [6.07, 6.45) is 6.68. The van der Waals surface area contributed by atoms with Gasteiger partial charge in [-0.3, -0.25) is 4.79 Å². The molecule has 0 bridgehead atoms. The van der Waals surface area contributed by atoms with E-state index in [2.05, 4.69) is 39.6 Å². The molecule has 0 spiro atoms. The van der Waals surface area contributed by atoms with Crippen LogP contribution in [0.25, 0.3) is 11.4 Å². The number of hydrogen-bond acceptors (Lipinski definition) is 4. The van der Waals surface area contributed by atoms with E-state index in [1.165, 1.54) is 5.56 Å². The van der Waals surface area contributed by atoms with E-state index in [0.29, 0.717) is 13.0 Å². The fourth-order valence-corrected chi connectivity index (χ4v) is 3.46. The van der Waals surface area contributed by atoms with E-state index in [1.807, 2.05) is 36.4 Å². The number of benzene rings is 2. The van der Waals surface area contributed by atoms with Crippen molar-refractivity contribution in [2.24, 2.45) is 0 Å². The van der Waals surface area contributed by atoms with Gasteiger partial charge in [0, 0.05) is 42.7 Å². The van der Waals surface area contributed by atoms with E-state index in [-0.39, 0.29) is 11.7 Å². The van der Waals surface area contributed by atoms with Crippen LogP contribution in [0.2, 0.25) is 0 Å². The fourth-order valence-electron chi connectivity index (χ4n) is 3.46. The maximum absolute atomic E-state index is 12.2. The van der Waals surface area contributed by atoms with Gasteiger partial charge >= 0.3 is 0 Å². The Kier molecular flexibility index (Phi) is 5.06. The van der Waals surface area contributed by atoms with E-state index >= 15 is 0 Å². The molecule has 134 valence electrons. The molecule has 1 aliphatic carbocycles. The molecule has 0 radical (unpaired) electrons. The van der Waals surface area contributed by atoms with Crippen LogP contribution in [0, 0.1) is 0 Å². The van der Waals surface area contributed by atoms with Gasteiger partial charge in [-0.05, 0) is 35.6 Å². The predicted octanol–water partition coefficient (Wildman–Crippen LogP) is 4.26. The van der Waals surface area contributed by atoms with Gasteiger partial charge in [0.15, 0.2) is 11.6 Å². The number of rotatable bonds is 5. The van der Waals surface area contributed by atoms with Gasteiger partial charge in [-0.25, -0.2) is 9.97 Å². The summed E-state index contributed by atoms with van der Waals surface area (Å²) in [6, 6.07) is 20.3. The lowest BCUT2D eigenvalue weighted by atomic mass is 9.85. The second kappa shape index (κ2) is 7.96. The third-order valence-electron chi connectivity index (χ3n) is 4.79. The molecule has 1 unspecified atom stereocenters. The van der Waals surface area contributed by atoms with Crippen molar-refractivity contribution in [1.82, 2.24) is 15.3 Å². The van der Waals surface area contributed by atoms with E-state index < -0.39 is 0 Å². The lowest BCUT2D eigenvalue weighted by Gasteiger charge is -2.23. The van der Waals surface area contributed by atoms with E-state index in [0.717, 1.165) is 29.1 Å². The zero-order chi connectivity index (χ0) is 18.5. The molecule has 4 nitrogen and oxygen atoms in total. The summed E-state index contributed by atoms with van der Waals surface area (Å²) in [6.45, 7) is 0.668. The minimum absolute atomic E-state index is 0.184. The number of carbonyl (C=O) groups is 1. The summed E-state index contributed by atoms with van der Waals surface area (Å²) in [7, 11) is 0. The molecule has 0 amide bonds. The molecule has 1 aliphatic rings. The van der Waals surface area contributed by atoms with Crippen molar-refractivity contribution in [3.63, 3.8) is 0 Å². The molecular formula is C23H21N3O. The Morgan fingerprint density at radius 2 is 1.74 bits per heavy atom. The summed E-state index contributed by atoms with van der Waals surface area (Å²) in [5.41, 5.74) is 4.35. The first kappa shape index (κ1) is 17.2. The number of nitrogens with one attached hydrogen (secondary N) is 1. The van der Waals surface area contributed by atoms with Crippen molar-refractivity contribution in [2.45, 2.75) is 25.3 Å².